The van der Waals surface area contributed by atoms with Crippen LogP contribution >= 0.6 is 23.2 Å². The number of anilines is 1. The number of aromatic nitrogens is 1. The van der Waals surface area contributed by atoms with Gasteiger partial charge in [0.1, 0.15) is 5.52 Å². The standard InChI is InChI=1S/C18H13Cl2N3O3/c19-11-6-13(20)16-14(7-11)22-18(26-16)9-2-1-3-12(4-9)23-8-10(17(21)25)5-15(23)24/h1-4,6-7,10H,5,8H2,(H2,21,25)/t10-/m1/s1. The maximum absolute atomic E-state index is 12.2. The molecule has 1 aromatic heterocycles. The summed E-state index contributed by atoms with van der Waals surface area (Å²) in [7, 11) is 0. The zero-order chi connectivity index (χ0) is 18.4. The lowest BCUT2D eigenvalue weighted by atomic mass is 10.1. The quantitative estimate of drug-likeness (QED) is 0.740. The van der Waals surface area contributed by atoms with Crippen molar-refractivity contribution < 1.29 is 14.0 Å². The number of benzene rings is 2. The smallest absolute Gasteiger partial charge is 0.227 e. The second-order valence-corrected chi connectivity index (χ2v) is 6.96. The summed E-state index contributed by atoms with van der Waals surface area (Å²) in [5, 5.41) is 0.845. The van der Waals surface area contributed by atoms with Crippen LogP contribution in [-0.2, 0) is 9.59 Å². The molecule has 8 heteroatoms. The first-order chi connectivity index (χ1) is 12.4. The van der Waals surface area contributed by atoms with Gasteiger partial charge in [0.05, 0.1) is 10.9 Å². The molecule has 2 heterocycles. The second-order valence-electron chi connectivity index (χ2n) is 6.11. The number of carbonyl (C=O) groups is 2. The Hall–Kier alpha value is -2.57. The molecule has 1 aliphatic rings. The fraction of sp³-hybridized carbons (Fsp3) is 0.167. The summed E-state index contributed by atoms with van der Waals surface area (Å²) in [4.78, 5) is 29.5. The number of nitrogens with zero attached hydrogens (tertiary/aromatic N) is 2. The van der Waals surface area contributed by atoms with E-state index >= 15 is 0 Å². The summed E-state index contributed by atoms with van der Waals surface area (Å²) in [6.07, 6.45) is 0.122. The highest BCUT2D eigenvalue weighted by molar-refractivity contribution is 6.38. The van der Waals surface area contributed by atoms with Gasteiger partial charge in [0.2, 0.25) is 17.7 Å². The highest BCUT2D eigenvalue weighted by atomic mass is 35.5. The minimum atomic E-state index is -0.476. The summed E-state index contributed by atoms with van der Waals surface area (Å²) in [5.41, 5.74) is 7.66. The lowest BCUT2D eigenvalue weighted by Crippen LogP contribution is -2.28. The molecule has 3 aromatic rings. The van der Waals surface area contributed by atoms with Crippen LogP contribution in [0.4, 0.5) is 5.69 Å². The predicted octanol–water partition coefficient (Wildman–Crippen LogP) is 3.64. The van der Waals surface area contributed by atoms with E-state index in [-0.39, 0.29) is 18.9 Å². The molecule has 1 saturated heterocycles. The average Bonchev–Trinajstić information content (AvgIpc) is 3.19. The van der Waals surface area contributed by atoms with E-state index in [1.165, 1.54) is 0 Å². The van der Waals surface area contributed by atoms with Crippen LogP contribution in [0.15, 0.2) is 40.8 Å². The topological polar surface area (TPSA) is 89.4 Å². The Kier molecular flexibility index (Phi) is 4.09. The Bertz CT molecular complexity index is 1050. The summed E-state index contributed by atoms with van der Waals surface area (Å²) in [6.45, 7) is 0.270. The molecule has 0 bridgehead atoms. The van der Waals surface area contributed by atoms with Crippen LogP contribution < -0.4 is 10.6 Å². The zero-order valence-electron chi connectivity index (χ0n) is 13.4. The molecule has 0 unspecified atom stereocenters. The van der Waals surface area contributed by atoms with Gasteiger partial charge < -0.3 is 15.1 Å². The first-order valence-electron chi connectivity index (χ1n) is 7.88. The predicted molar refractivity (Wildman–Crippen MR) is 99.1 cm³/mol. The molecule has 1 aliphatic heterocycles. The van der Waals surface area contributed by atoms with Crippen molar-refractivity contribution in [1.29, 1.82) is 0 Å². The largest absolute Gasteiger partial charge is 0.435 e. The van der Waals surface area contributed by atoms with Gasteiger partial charge in [-0.1, -0.05) is 29.3 Å². The van der Waals surface area contributed by atoms with Crippen LogP contribution in [0.1, 0.15) is 6.42 Å². The number of carbonyl (C=O) groups excluding carboxylic acids is 2. The summed E-state index contributed by atoms with van der Waals surface area (Å²) >= 11 is 12.1. The van der Waals surface area contributed by atoms with Crippen molar-refractivity contribution in [3.63, 3.8) is 0 Å². The van der Waals surface area contributed by atoms with E-state index in [2.05, 4.69) is 4.98 Å². The van der Waals surface area contributed by atoms with Crippen LogP contribution in [0.3, 0.4) is 0 Å². The Morgan fingerprint density at radius 3 is 2.81 bits per heavy atom. The van der Waals surface area contributed by atoms with Gasteiger partial charge in [0.25, 0.3) is 0 Å². The number of hydrogen-bond donors (Lipinski definition) is 1. The van der Waals surface area contributed by atoms with Gasteiger partial charge in [-0.2, -0.15) is 0 Å². The monoisotopic (exact) mass is 389 g/mol. The lowest BCUT2D eigenvalue weighted by Gasteiger charge is -2.16. The van der Waals surface area contributed by atoms with Crippen LogP contribution in [0.2, 0.25) is 10.0 Å². The van der Waals surface area contributed by atoms with Gasteiger partial charge in [0.15, 0.2) is 5.58 Å². The third-order valence-electron chi connectivity index (χ3n) is 4.34. The second kappa shape index (κ2) is 6.30. The van der Waals surface area contributed by atoms with E-state index < -0.39 is 11.8 Å². The molecule has 1 atom stereocenters. The number of halogens is 2. The van der Waals surface area contributed by atoms with Gasteiger partial charge in [-0.25, -0.2) is 4.98 Å². The molecular formula is C18H13Cl2N3O3. The summed E-state index contributed by atoms with van der Waals surface area (Å²) in [5.74, 6) is -0.721. The maximum atomic E-state index is 12.2. The number of rotatable bonds is 3. The minimum absolute atomic E-state index is 0.122. The van der Waals surface area contributed by atoms with E-state index in [0.717, 1.165) is 0 Å². The molecule has 1 fully saturated rings. The number of hydrogen-bond acceptors (Lipinski definition) is 4. The van der Waals surface area contributed by atoms with E-state index in [9.17, 15) is 9.59 Å². The Morgan fingerprint density at radius 1 is 1.27 bits per heavy atom. The van der Waals surface area contributed by atoms with Crippen molar-refractivity contribution >= 4 is 51.8 Å². The number of amides is 2. The average molecular weight is 390 g/mol. The van der Waals surface area contributed by atoms with Gasteiger partial charge in [-0.05, 0) is 30.3 Å². The van der Waals surface area contributed by atoms with Crippen molar-refractivity contribution in [2.45, 2.75) is 6.42 Å². The molecule has 0 aliphatic carbocycles. The minimum Gasteiger partial charge on any atom is -0.435 e. The van der Waals surface area contributed by atoms with Crippen LogP contribution in [0, 0.1) is 5.92 Å². The van der Waals surface area contributed by atoms with Crippen molar-refractivity contribution in [1.82, 2.24) is 4.98 Å². The normalized spacial score (nSPS) is 17.2. The summed E-state index contributed by atoms with van der Waals surface area (Å²) in [6, 6.07) is 10.4. The number of primary amides is 1. The highest BCUT2D eigenvalue weighted by Crippen LogP contribution is 2.34. The third-order valence-corrected chi connectivity index (χ3v) is 4.84. The molecule has 2 amide bonds. The van der Waals surface area contributed by atoms with Crippen molar-refractivity contribution in [3.05, 3.63) is 46.4 Å². The van der Waals surface area contributed by atoms with E-state index in [0.29, 0.717) is 38.3 Å². The molecule has 2 aromatic carbocycles. The van der Waals surface area contributed by atoms with Gasteiger partial charge in [0, 0.05) is 29.2 Å². The van der Waals surface area contributed by atoms with Crippen LogP contribution in [0.25, 0.3) is 22.6 Å². The molecular weight excluding hydrogens is 377 g/mol. The lowest BCUT2D eigenvalue weighted by molar-refractivity contribution is -0.123. The Morgan fingerprint density at radius 2 is 2.08 bits per heavy atom. The molecule has 2 N–H and O–H groups in total. The molecule has 26 heavy (non-hydrogen) atoms. The summed E-state index contributed by atoms with van der Waals surface area (Å²) < 4.78 is 5.76. The van der Waals surface area contributed by atoms with E-state index in [4.69, 9.17) is 33.4 Å². The SMILES string of the molecule is NC(=O)[C@@H]1CC(=O)N(c2cccc(-c3nc4cc(Cl)cc(Cl)c4o3)c2)C1. The molecule has 132 valence electrons. The highest BCUT2D eigenvalue weighted by Gasteiger charge is 2.34. The Balaban J connectivity index is 1.71. The molecule has 0 saturated carbocycles. The zero-order valence-corrected chi connectivity index (χ0v) is 14.9. The van der Waals surface area contributed by atoms with Crippen molar-refractivity contribution in [2.24, 2.45) is 11.7 Å². The van der Waals surface area contributed by atoms with E-state index in [1.807, 2.05) is 6.07 Å². The van der Waals surface area contributed by atoms with E-state index in [1.54, 1.807) is 35.2 Å². The first kappa shape index (κ1) is 16.9. The fourth-order valence-electron chi connectivity index (χ4n) is 3.04. The molecule has 6 nitrogen and oxygen atoms in total. The maximum Gasteiger partial charge on any atom is 0.227 e. The van der Waals surface area contributed by atoms with Crippen LogP contribution in [0.5, 0.6) is 0 Å². The number of oxazole rings is 1. The first-order valence-corrected chi connectivity index (χ1v) is 8.63. The fourth-order valence-corrected chi connectivity index (χ4v) is 3.56. The van der Waals surface area contributed by atoms with Gasteiger partial charge in [-0.3, -0.25) is 9.59 Å². The van der Waals surface area contributed by atoms with Crippen molar-refractivity contribution in [3.8, 4) is 11.5 Å². The van der Waals surface area contributed by atoms with Crippen molar-refractivity contribution in [2.75, 3.05) is 11.4 Å². The molecule has 0 spiro atoms. The number of fused-ring (bicyclic) bond motifs is 1. The third kappa shape index (κ3) is 2.91. The van der Waals surface area contributed by atoms with Gasteiger partial charge >= 0.3 is 0 Å². The number of nitrogens with two attached hydrogens (primary N) is 1. The molecule has 4 rings (SSSR count). The van der Waals surface area contributed by atoms with Crippen LogP contribution in [-0.4, -0.2) is 23.3 Å². The van der Waals surface area contributed by atoms with Gasteiger partial charge in [-0.15, -0.1) is 0 Å². The molecule has 0 radical (unpaired) electrons. The Labute approximate surface area is 158 Å².